The molecule has 0 unspecified atom stereocenters. The van der Waals surface area contributed by atoms with Crippen molar-refractivity contribution in [1.82, 2.24) is 5.16 Å². The largest absolute Gasteiger partial charge is 0.360 e. The van der Waals surface area contributed by atoms with Crippen molar-refractivity contribution in [3.05, 3.63) is 76.5 Å². The highest BCUT2D eigenvalue weighted by Gasteiger charge is 2.22. The number of hydrogen-bond donors (Lipinski definition) is 1. The Hall–Kier alpha value is -3.19. The zero-order valence-electron chi connectivity index (χ0n) is 14.9. The zero-order chi connectivity index (χ0) is 18.6. The predicted molar refractivity (Wildman–Crippen MR) is 102 cm³/mol. The molecule has 3 aromatic rings. The van der Waals surface area contributed by atoms with Crippen LogP contribution in [0.4, 0.5) is 11.4 Å². The van der Waals surface area contributed by atoms with Gasteiger partial charge < -0.3 is 14.3 Å². The molecule has 0 aliphatic carbocycles. The Morgan fingerprint density at radius 1 is 1.07 bits per heavy atom. The summed E-state index contributed by atoms with van der Waals surface area (Å²) in [5, 5.41) is 15.0. The topological polar surface area (TPSA) is 76.8 Å². The standard InChI is InChI=1S/C20H20N4O3/c25-24(26)19-8-6-18(7-9-19)23-12-10-22(11-13-23)15-17-14-20(27-21-17)16-4-2-1-3-5-16/h1-9,14H,10-13,15H2/p+1. The summed E-state index contributed by atoms with van der Waals surface area (Å²) >= 11 is 0. The molecule has 0 spiro atoms. The Balaban J connectivity index is 1.33. The third-order valence-corrected chi connectivity index (χ3v) is 4.94. The van der Waals surface area contributed by atoms with Gasteiger partial charge in [-0.15, -0.1) is 0 Å². The van der Waals surface area contributed by atoms with Crippen LogP contribution in [0.1, 0.15) is 5.69 Å². The molecule has 0 saturated carbocycles. The van der Waals surface area contributed by atoms with Gasteiger partial charge in [0.15, 0.2) is 5.76 Å². The van der Waals surface area contributed by atoms with Crippen LogP contribution in [0.5, 0.6) is 0 Å². The number of rotatable bonds is 5. The smallest absolute Gasteiger partial charge is 0.269 e. The lowest BCUT2D eigenvalue weighted by Crippen LogP contribution is -3.13. The molecule has 2 heterocycles. The maximum atomic E-state index is 10.8. The third-order valence-electron chi connectivity index (χ3n) is 4.94. The SMILES string of the molecule is O=[N+]([O-])c1ccc(N2CC[NH+](Cc3cc(-c4ccccc4)on3)CC2)cc1. The summed E-state index contributed by atoms with van der Waals surface area (Å²) in [6.45, 7) is 4.65. The van der Waals surface area contributed by atoms with Crippen molar-refractivity contribution in [3.63, 3.8) is 0 Å². The molecule has 0 atom stereocenters. The van der Waals surface area contributed by atoms with Crippen molar-refractivity contribution in [2.24, 2.45) is 0 Å². The molecule has 4 rings (SSSR count). The number of nitrogens with one attached hydrogen (secondary N) is 1. The van der Waals surface area contributed by atoms with Crippen LogP contribution >= 0.6 is 0 Å². The molecular formula is C20H21N4O3+. The summed E-state index contributed by atoms with van der Waals surface area (Å²) in [5.74, 6) is 0.800. The minimum atomic E-state index is -0.368. The number of nitrogens with zero attached hydrogens (tertiary/aromatic N) is 3. The van der Waals surface area contributed by atoms with Gasteiger partial charge in [-0.2, -0.15) is 0 Å². The van der Waals surface area contributed by atoms with Crippen molar-refractivity contribution in [2.45, 2.75) is 6.54 Å². The quantitative estimate of drug-likeness (QED) is 0.554. The summed E-state index contributed by atoms with van der Waals surface area (Å²) in [6, 6.07) is 18.8. The second kappa shape index (κ2) is 7.59. The van der Waals surface area contributed by atoms with E-state index in [-0.39, 0.29) is 10.6 Å². The first-order chi connectivity index (χ1) is 13.2. The Kier molecular flexibility index (Phi) is 4.84. The fourth-order valence-corrected chi connectivity index (χ4v) is 3.43. The van der Waals surface area contributed by atoms with Crippen molar-refractivity contribution in [3.8, 4) is 11.3 Å². The Morgan fingerprint density at radius 2 is 1.78 bits per heavy atom. The molecular weight excluding hydrogens is 344 g/mol. The number of quaternary nitrogens is 1. The molecule has 0 radical (unpaired) electrons. The van der Waals surface area contributed by atoms with Crippen molar-refractivity contribution >= 4 is 11.4 Å². The first-order valence-corrected chi connectivity index (χ1v) is 9.03. The number of hydrogen-bond acceptors (Lipinski definition) is 5. The van der Waals surface area contributed by atoms with Gasteiger partial charge in [0.25, 0.3) is 5.69 Å². The lowest BCUT2D eigenvalue weighted by atomic mass is 10.1. The maximum absolute atomic E-state index is 10.8. The van der Waals surface area contributed by atoms with E-state index in [1.807, 2.05) is 48.5 Å². The van der Waals surface area contributed by atoms with Crippen LogP contribution < -0.4 is 9.80 Å². The van der Waals surface area contributed by atoms with Crippen LogP contribution in [0.2, 0.25) is 0 Å². The van der Waals surface area contributed by atoms with Crippen LogP contribution in [0.15, 0.2) is 65.2 Å². The molecule has 27 heavy (non-hydrogen) atoms. The minimum Gasteiger partial charge on any atom is -0.360 e. The van der Waals surface area contributed by atoms with Gasteiger partial charge in [-0.1, -0.05) is 35.5 Å². The fraction of sp³-hybridized carbons (Fsp3) is 0.250. The van der Waals surface area contributed by atoms with Crippen LogP contribution in [0.25, 0.3) is 11.3 Å². The van der Waals surface area contributed by atoms with E-state index in [1.165, 1.54) is 4.90 Å². The monoisotopic (exact) mass is 365 g/mol. The maximum Gasteiger partial charge on any atom is 0.269 e. The number of nitro groups is 1. The number of nitro benzene ring substituents is 1. The number of aromatic nitrogens is 1. The number of benzene rings is 2. The van der Waals surface area contributed by atoms with Gasteiger partial charge in [-0.25, -0.2) is 0 Å². The highest BCUT2D eigenvalue weighted by atomic mass is 16.6. The molecule has 1 saturated heterocycles. The highest BCUT2D eigenvalue weighted by molar-refractivity contribution is 5.56. The average Bonchev–Trinajstić information content (AvgIpc) is 3.18. The molecule has 1 aromatic heterocycles. The average molecular weight is 365 g/mol. The summed E-state index contributed by atoms with van der Waals surface area (Å²) < 4.78 is 5.48. The molecule has 0 bridgehead atoms. The van der Waals surface area contributed by atoms with Crippen LogP contribution in [0, 0.1) is 10.1 Å². The van der Waals surface area contributed by atoms with E-state index in [0.29, 0.717) is 0 Å². The van der Waals surface area contributed by atoms with E-state index in [4.69, 9.17) is 4.52 Å². The first kappa shape index (κ1) is 17.2. The van der Waals surface area contributed by atoms with Gasteiger partial charge in [-0.05, 0) is 12.1 Å². The van der Waals surface area contributed by atoms with Crippen molar-refractivity contribution in [1.29, 1.82) is 0 Å². The van der Waals surface area contributed by atoms with Gasteiger partial charge in [0.1, 0.15) is 12.2 Å². The highest BCUT2D eigenvalue weighted by Crippen LogP contribution is 2.20. The van der Waals surface area contributed by atoms with E-state index in [2.05, 4.69) is 10.1 Å². The summed E-state index contributed by atoms with van der Waals surface area (Å²) in [4.78, 5) is 14.1. The van der Waals surface area contributed by atoms with E-state index in [9.17, 15) is 10.1 Å². The normalized spacial score (nSPS) is 15.0. The van der Waals surface area contributed by atoms with Crippen molar-refractivity contribution in [2.75, 3.05) is 31.1 Å². The predicted octanol–water partition coefficient (Wildman–Crippen LogP) is 2.15. The summed E-state index contributed by atoms with van der Waals surface area (Å²) in [6.07, 6.45) is 0. The van der Waals surface area contributed by atoms with E-state index >= 15 is 0 Å². The Labute approximate surface area is 157 Å². The molecule has 138 valence electrons. The Morgan fingerprint density at radius 3 is 2.44 bits per heavy atom. The van der Waals surface area contributed by atoms with Gasteiger partial charge in [0.2, 0.25) is 0 Å². The van der Waals surface area contributed by atoms with Crippen LogP contribution in [-0.4, -0.2) is 36.3 Å². The Bertz CT molecular complexity index is 900. The van der Waals surface area contributed by atoms with E-state index in [1.54, 1.807) is 12.1 Å². The fourth-order valence-electron chi connectivity index (χ4n) is 3.43. The zero-order valence-corrected chi connectivity index (χ0v) is 14.9. The molecule has 1 N–H and O–H groups in total. The number of non-ortho nitro benzene ring substituents is 1. The molecule has 1 aliphatic heterocycles. The summed E-state index contributed by atoms with van der Waals surface area (Å²) in [5.41, 5.74) is 3.16. The van der Waals surface area contributed by atoms with E-state index < -0.39 is 0 Å². The van der Waals surface area contributed by atoms with Crippen LogP contribution in [0.3, 0.4) is 0 Å². The second-order valence-electron chi connectivity index (χ2n) is 6.74. The van der Waals surface area contributed by atoms with Gasteiger partial charge in [0.05, 0.1) is 31.1 Å². The molecule has 1 aliphatic rings. The lowest BCUT2D eigenvalue weighted by molar-refractivity contribution is -0.914. The lowest BCUT2D eigenvalue weighted by Gasteiger charge is -2.33. The van der Waals surface area contributed by atoms with Gasteiger partial charge in [-0.3, -0.25) is 10.1 Å². The summed E-state index contributed by atoms with van der Waals surface area (Å²) in [7, 11) is 0. The molecule has 7 heteroatoms. The molecule has 1 fully saturated rings. The molecule has 2 aromatic carbocycles. The third kappa shape index (κ3) is 3.98. The van der Waals surface area contributed by atoms with Gasteiger partial charge >= 0.3 is 0 Å². The first-order valence-electron chi connectivity index (χ1n) is 9.03. The number of piperazine rings is 1. The minimum absolute atomic E-state index is 0.128. The number of anilines is 1. The molecule has 7 nitrogen and oxygen atoms in total. The molecule has 0 amide bonds. The van der Waals surface area contributed by atoms with E-state index in [0.717, 1.165) is 55.4 Å². The van der Waals surface area contributed by atoms with Crippen molar-refractivity contribution < 1.29 is 14.3 Å². The second-order valence-corrected chi connectivity index (χ2v) is 6.74. The van der Waals surface area contributed by atoms with Gasteiger partial charge in [0, 0.05) is 29.4 Å². The van der Waals surface area contributed by atoms with Crippen LogP contribution in [-0.2, 0) is 6.54 Å².